The van der Waals surface area contributed by atoms with Crippen LogP contribution in [0.3, 0.4) is 0 Å². The molecule has 1 N–H and O–H groups in total. The molecule has 1 heterocycles. The van der Waals surface area contributed by atoms with E-state index < -0.39 is 0 Å². The molecule has 20 heavy (non-hydrogen) atoms. The normalized spacial score (nSPS) is 18.2. The zero-order valence-electron chi connectivity index (χ0n) is 11.5. The highest BCUT2D eigenvalue weighted by molar-refractivity contribution is 6.06. The summed E-state index contributed by atoms with van der Waals surface area (Å²) in [5, 5.41) is 3.44. The zero-order chi connectivity index (χ0) is 13.9. The molecule has 1 aliphatic heterocycles. The van der Waals surface area contributed by atoms with Crippen molar-refractivity contribution < 1.29 is 4.79 Å². The minimum Gasteiger partial charge on any atom is -0.308 e. The van der Waals surface area contributed by atoms with E-state index in [9.17, 15) is 4.79 Å². The first kappa shape index (κ1) is 12.9. The molecule has 1 amide bonds. The predicted octanol–water partition coefficient (Wildman–Crippen LogP) is 2.83. The number of nitrogens with one attached hydrogen (secondary N) is 1. The van der Waals surface area contributed by atoms with Gasteiger partial charge in [-0.1, -0.05) is 36.4 Å². The molecule has 0 spiro atoms. The Kier molecular flexibility index (Phi) is 3.52. The quantitative estimate of drug-likeness (QED) is 0.861. The maximum atomic E-state index is 12.8. The van der Waals surface area contributed by atoms with Crippen LogP contribution in [0, 0.1) is 0 Å². The van der Waals surface area contributed by atoms with Crippen LogP contribution in [0.15, 0.2) is 54.6 Å². The number of nitrogens with zero attached hydrogens (tertiary/aromatic N) is 1. The van der Waals surface area contributed by atoms with Gasteiger partial charge in [-0.3, -0.25) is 4.79 Å². The van der Waals surface area contributed by atoms with E-state index in [0.717, 1.165) is 17.8 Å². The molecule has 0 radical (unpaired) electrons. The van der Waals surface area contributed by atoms with Gasteiger partial charge >= 0.3 is 0 Å². The van der Waals surface area contributed by atoms with Crippen molar-refractivity contribution in [2.24, 2.45) is 0 Å². The van der Waals surface area contributed by atoms with E-state index >= 15 is 0 Å². The Morgan fingerprint density at radius 1 is 1.10 bits per heavy atom. The molecule has 0 aromatic heterocycles. The first-order valence-electron chi connectivity index (χ1n) is 6.94. The molecule has 2 aromatic carbocycles. The maximum Gasteiger partial charge on any atom is 0.258 e. The number of anilines is 1. The molecule has 0 saturated heterocycles. The fraction of sp³-hybridized carbons (Fsp3) is 0.235. The van der Waals surface area contributed by atoms with Crippen LogP contribution in [0.1, 0.15) is 22.8 Å². The molecule has 0 bridgehead atoms. The van der Waals surface area contributed by atoms with Crippen LogP contribution in [0.4, 0.5) is 5.69 Å². The molecule has 3 heteroatoms. The van der Waals surface area contributed by atoms with Crippen LogP contribution in [-0.4, -0.2) is 18.5 Å². The maximum absolute atomic E-state index is 12.8. The number of amides is 1. The average Bonchev–Trinajstić information content (AvgIpc) is 2.67. The summed E-state index contributed by atoms with van der Waals surface area (Å²) in [6.07, 6.45) is 0. The second-order valence-electron chi connectivity index (χ2n) is 5.19. The number of rotatable bonds is 1. The number of hydrogen-bond donors (Lipinski definition) is 1. The van der Waals surface area contributed by atoms with Crippen molar-refractivity contribution in [2.45, 2.75) is 19.5 Å². The smallest absolute Gasteiger partial charge is 0.258 e. The molecule has 1 aliphatic rings. The van der Waals surface area contributed by atoms with Gasteiger partial charge in [0, 0.05) is 30.4 Å². The van der Waals surface area contributed by atoms with E-state index in [4.69, 9.17) is 0 Å². The largest absolute Gasteiger partial charge is 0.308 e. The standard InChI is InChI=1S/C17H18N2O/c1-13-12-19(17(20)14-7-3-2-4-8-14)16-10-6-5-9-15(16)11-18-13/h2-10,13,18H,11-12H2,1H3. The van der Waals surface area contributed by atoms with E-state index in [-0.39, 0.29) is 11.9 Å². The lowest BCUT2D eigenvalue weighted by molar-refractivity contribution is 0.0985. The van der Waals surface area contributed by atoms with Gasteiger partial charge in [0.2, 0.25) is 0 Å². The molecule has 0 fully saturated rings. The number of para-hydroxylation sites is 1. The van der Waals surface area contributed by atoms with Gasteiger partial charge in [-0.2, -0.15) is 0 Å². The van der Waals surface area contributed by atoms with E-state index in [2.05, 4.69) is 18.3 Å². The third-order valence-corrected chi connectivity index (χ3v) is 3.65. The van der Waals surface area contributed by atoms with Gasteiger partial charge in [-0.25, -0.2) is 0 Å². The van der Waals surface area contributed by atoms with Crippen LogP contribution < -0.4 is 10.2 Å². The molecular formula is C17H18N2O. The highest BCUT2D eigenvalue weighted by Crippen LogP contribution is 2.25. The zero-order valence-corrected chi connectivity index (χ0v) is 11.5. The first-order valence-corrected chi connectivity index (χ1v) is 6.94. The minimum atomic E-state index is 0.0635. The fourth-order valence-corrected chi connectivity index (χ4v) is 2.57. The summed E-state index contributed by atoms with van der Waals surface area (Å²) >= 11 is 0. The van der Waals surface area contributed by atoms with Gasteiger partial charge in [0.1, 0.15) is 0 Å². The number of benzene rings is 2. The third-order valence-electron chi connectivity index (χ3n) is 3.65. The predicted molar refractivity (Wildman–Crippen MR) is 80.9 cm³/mol. The van der Waals surface area contributed by atoms with E-state index in [1.165, 1.54) is 5.56 Å². The minimum absolute atomic E-state index is 0.0635. The van der Waals surface area contributed by atoms with Gasteiger partial charge in [0.05, 0.1) is 0 Å². The van der Waals surface area contributed by atoms with Crippen LogP contribution in [0.5, 0.6) is 0 Å². The second-order valence-corrected chi connectivity index (χ2v) is 5.19. The molecule has 0 aliphatic carbocycles. The van der Waals surface area contributed by atoms with Gasteiger partial charge in [0.15, 0.2) is 0 Å². The molecule has 1 atom stereocenters. The Hall–Kier alpha value is -2.13. The monoisotopic (exact) mass is 266 g/mol. The van der Waals surface area contributed by atoms with Crippen LogP contribution in [0.25, 0.3) is 0 Å². The van der Waals surface area contributed by atoms with Gasteiger partial charge in [-0.15, -0.1) is 0 Å². The van der Waals surface area contributed by atoms with Crippen molar-refractivity contribution in [3.8, 4) is 0 Å². The van der Waals surface area contributed by atoms with Gasteiger partial charge < -0.3 is 10.2 Å². The van der Waals surface area contributed by atoms with Gasteiger partial charge in [0.25, 0.3) is 5.91 Å². The van der Waals surface area contributed by atoms with Gasteiger partial charge in [-0.05, 0) is 30.7 Å². The summed E-state index contributed by atoms with van der Waals surface area (Å²) in [6.45, 7) is 3.60. The fourth-order valence-electron chi connectivity index (χ4n) is 2.57. The lowest BCUT2D eigenvalue weighted by atomic mass is 10.1. The summed E-state index contributed by atoms with van der Waals surface area (Å²) in [5.41, 5.74) is 2.91. The number of carbonyl (C=O) groups excluding carboxylic acids is 1. The molecule has 3 rings (SSSR count). The Bertz CT molecular complexity index is 609. The topological polar surface area (TPSA) is 32.3 Å². The van der Waals surface area contributed by atoms with E-state index in [1.54, 1.807) is 0 Å². The second kappa shape index (κ2) is 5.47. The van der Waals surface area contributed by atoms with E-state index in [0.29, 0.717) is 6.54 Å². The molecule has 2 aromatic rings. The number of fused-ring (bicyclic) bond motifs is 1. The van der Waals surface area contributed by atoms with Crippen molar-refractivity contribution >= 4 is 11.6 Å². The number of hydrogen-bond acceptors (Lipinski definition) is 2. The lowest BCUT2D eigenvalue weighted by Crippen LogP contribution is -2.39. The van der Waals surface area contributed by atoms with Crippen molar-refractivity contribution in [1.82, 2.24) is 5.32 Å². The highest BCUT2D eigenvalue weighted by Gasteiger charge is 2.24. The molecular weight excluding hydrogens is 248 g/mol. The Morgan fingerprint density at radius 2 is 1.80 bits per heavy atom. The number of carbonyl (C=O) groups is 1. The van der Waals surface area contributed by atoms with Crippen molar-refractivity contribution in [3.05, 3.63) is 65.7 Å². The molecule has 1 unspecified atom stereocenters. The van der Waals surface area contributed by atoms with Crippen LogP contribution in [-0.2, 0) is 6.54 Å². The summed E-state index contributed by atoms with van der Waals surface area (Å²) in [5.74, 6) is 0.0635. The summed E-state index contributed by atoms with van der Waals surface area (Å²) < 4.78 is 0. The summed E-state index contributed by atoms with van der Waals surface area (Å²) in [6, 6.07) is 17.8. The summed E-state index contributed by atoms with van der Waals surface area (Å²) in [4.78, 5) is 14.6. The van der Waals surface area contributed by atoms with Crippen molar-refractivity contribution in [2.75, 3.05) is 11.4 Å². The van der Waals surface area contributed by atoms with Crippen LogP contribution in [0.2, 0.25) is 0 Å². The average molecular weight is 266 g/mol. The van der Waals surface area contributed by atoms with Crippen LogP contribution >= 0.6 is 0 Å². The van der Waals surface area contributed by atoms with Crippen molar-refractivity contribution in [3.63, 3.8) is 0 Å². The van der Waals surface area contributed by atoms with Crippen molar-refractivity contribution in [1.29, 1.82) is 0 Å². The SMILES string of the molecule is CC1CN(C(=O)c2ccccc2)c2ccccc2CN1. The van der Waals surface area contributed by atoms with E-state index in [1.807, 2.05) is 53.4 Å². The molecule has 102 valence electrons. The Labute approximate surface area is 119 Å². The third kappa shape index (κ3) is 2.45. The molecule has 0 saturated carbocycles. The molecule has 3 nitrogen and oxygen atoms in total. The Balaban J connectivity index is 2.01. The lowest BCUT2D eigenvalue weighted by Gasteiger charge is -2.24. The highest BCUT2D eigenvalue weighted by atomic mass is 16.2. The summed E-state index contributed by atoms with van der Waals surface area (Å²) in [7, 11) is 0. The Morgan fingerprint density at radius 3 is 2.60 bits per heavy atom. The first-order chi connectivity index (χ1) is 9.75.